The number of benzene rings is 1. The number of ketones is 1. The van der Waals surface area contributed by atoms with Crippen molar-refractivity contribution in [3.63, 3.8) is 0 Å². The minimum atomic E-state index is -1.31. The number of anilines is 1. The van der Waals surface area contributed by atoms with Gasteiger partial charge in [-0.05, 0) is 41.6 Å². The molecule has 2 rings (SSSR count). The van der Waals surface area contributed by atoms with Crippen LogP contribution in [0.2, 0.25) is 0 Å². The number of hydrogen-bond donors (Lipinski definition) is 1. The summed E-state index contributed by atoms with van der Waals surface area (Å²) in [6.07, 6.45) is 0. The zero-order valence-electron chi connectivity index (χ0n) is 8.62. The number of carbonyl (C=O) groups excluding carboxylic acids is 2. The van der Waals surface area contributed by atoms with E-state index in [4.69, 9.17) is 4.74 Å². The van der Waals surface area contributed by atoms with Crippen LogP contribution in [0.15, 0.2) is 24.3 Å². The van der Waals surface area contributed by atoms with E-state index >= 15 is 0 Å². The van der Waals surface area contributed by atoms with Crippen LogP contribution in [0.25, 0.3) is 0 Å². The molecule has 1 N–H and O–H groups in total. The van der Waals surface area contributed by atoms with Gasteiger partial charge >= 0.3 is 5.97 Å². The molecule has 4 nitrogen and oxygen atoms in total. The summed E-state index contributed by atoms with van der Waals surface area (Å²) in [5, 5.41) is 2.91. The summed E-state index contributed by atoms with van der Waals surface area (Å²) in [5.74, 6) is -0.793. The number of fused-ring (bicyclic) bond motifs is 1. The monoisotopic (exact) mass is 331 g/mol. The van der Waals surface area contributed by atoms with E-state index in [-0.39, 0.29) is 12.4 Å². The third-order valence-electron chi connectivity index (χ3n) is 2.35. The fourth-order valence-electron chi connectivity index (χ4n) is 1.59. The third-order valence-corrected chi connectivity index (χ3v) is 3.55. The van der Waals surface area contributed by atoms with Crippen LogP contribution >= 0.6 is 22.6 Å². The van der Waals surface area contributed by atoms with Gasteiger partial charge in [0, 0.05) is 11.3 Å². The van der Waals surface area contributed by atoms with Crippen molar-refractivity contribution < 1.29 is 14.3 Å². The molecular formula is C11H10INO3. The van der Waals surface area contributed by atoms with Gasteiger partial charge in [0.1, 0.15) is 0 Å². The van der Waals surface area contributed by atoms with Gasteiger partial charge < -0.3 is 10.1 Å². The average Bonchev–Trinajstić information content (AvgIpc) is 2.54. The summed E-state index contributed by atoms with van der Waals surface area (Å²) in [4.78, 5) is 23.8. The predicted octanol–water partition coefficient (Wildman–Crippen LogP) is 1.99. The van der Waals surface area contributed by atoms with Crippen LogP contribution in [-0.4, -0.2) is 21.9 Å². The first-order valence-corrected chi connectivity index (χ1v) is 5.95. The lowest BCUT2D eigenvalue weighted by Gasteiger charge is -2.18. The molecule has 0 spiro atoms. The normalized spacial score (nSPS) is 22.5. The molecule has 0 saturated carbocycles. The largest absolute Gasteiger partial charge is 0.463 e. The SMILES string of the molecule is CCOC(=O)C1(I)Nc2ccccc2C1=O. The van der Waals surface area contributed by atoms with E-state index in [2.05, 4.69) is 5.32 Å². The molecule has 0 aliphatic carbocycles. The maximum Gasteiger partial charge on any atom is 0.350 e. The third kappa shape index (κ3) is 1.59. The highest BCUT2D eigenvalue weighted by atomic mass is 127. The average molecular weight is 331 g/mol. The van der Waals surface area contributed by atoms with Gasteiger partial charge in [-0.2, -0.15) is 0 Å². The molecule has 0 amide bonds. The molecular weight excluding hydrogens is 321 g/mol. The number of alkyl halides is 1. The number of ether oxygens (including phenoxy) is 1. The molecule has 0 fully saturated rings. The van der Waals surface area contributed by atoms with E-state index < -0.39 is 9.51 Å². The van der Waals surface area contributed by atoms with Crippen molar-refractivity contribution in [1.82, 2.24) is 0 Å². The summed E-state index contributed by atoms with van der Waals surface area (Å²) in [6.45, 7) is 1.97. The second-order valence-corrected chi connectivity index (χ2v) is 5.00. The Labute approximate surface area is 106 Å². The minimum Gasteiger partial charge on any atom is -0.463 e. The Hall–Kier alpha value is -1.11. The van der Waals surface area contributed by atoms with Crippen LogP contribution in [0.3, 0.4) is 0 Å². The van der Waals surface area contributed by atoms with Gasteiger partial charge in [0.25, 0.3) is 3.55 Å². The highest BCUT2D eigenvalue weighted by Crippen LogP contribution is 2.37. The number of hydrogen-bond acceptors (Lipinski definition) is 4. The highest BCUT2D eigenvalue weighted by molar-refractivity contribution is 14.1. The molecule has 1 heterocycles. The number of esters is 1. The number of para-hydroxylation sites is 1. The summed E-state index contributed by atoms with van der Waals surface area (Å²) < 4.78 is 3.59. The molecule has 0 saturated heterocycles. The number of Topliss-reactive ketones (excluding diaryl/α,β-unsaturated/α-hetero) is 1. The molecule has 0 aromatic heterocycles. The lowest BCUT2D eigenvalue weighted by atomic mass is 10.1. The van der Waals surface area contributed by atoms with Crippen molar-refractivity contribution in [2.75, 3.05) is 11.9 Å². The molecule has 1 aromatic carbocycles. The Morgan fingerprint density at radius 3 is 2.81 bits per heavy atom. The van der Waals surface area contributed by atoms with E-state index in [1.54, 1.807) is 47.7 Å². The van der Waals surface area contributed by atoms with Crippen molar-refractivity contribution in [2.45, 2.75) is 10.5 Å². The maximum atomic E-state index is 12.1. The predicted molar refractivity (Wildman–Crippen MR) is 67.8 cm³/mol. The van der Waals surface area contributed by atoms with Crippen molar-refractivity contribution in [1.29, 1.82) is 0 Å². The quantitative estimate of drug-likeness (QED) is 0.296. The lowest BCUT2D eigenvalue weighted by molar-refractivity contribution is -0.143. The molecule has 84 valence electrons. The summed E-state index contributed by atoms with van der Waals surface area (Å²) >= 11 is 1.80. The highest BCUT2D eigenvalue weighted by Gasteiger charge is 2.50. The molecule has 0 radical (unpaired) electrons. The number of halogens is 1. The van der Waals surface area contributed by atoms with Crippen LogP contribution in [-0.2, 0) is 9.53 Å². The molecule has 1 aliphatic heterocycles. The Kier molecular flexibility index (Phi) is 2.88. The second-order valence-electron chi connectivity index (χ2n) is 3.38. The van der Waals surface area contributed by atoms with E-state index in [0.717, 1.165) is 0 Å². The number of carbonyl (C=O) groups is 2. The van der Waals surface area contributed by atoms with E-state index in [9.17, 15) is 9.59 Å². The summed E-state index contributed by atoms with van der Waals surface area (Å²) in [5.41, 5.74) is 1.21. The van der Waals surface area contributed by atoms with E-state index in [1.807, 2.05) is 6.07 Å². The van der Waals surface area contributed by atoms with E-state index in [0.29, 0.717) is 11.3 Å². The topological polar surface area (TPSA) is 55.4 Å². The molecule has 1 aromatic rings. The fourth-order valence-corrected chi connectivity index (χ4v) is 2.33. The van der Waals surface area contributed by atoms with Crippen LogP contribution in [0.4, 0.5) is 5.69 Å². The van der Waals surface area contributed by atoms with Crippen molar-refractivity contribution in [3.05, 3.63) is 29.8 Å². The van der Waals surface area contributed by atoms with Crippen LogP contribution in [0.1, 0.15) is 17.3 Å². The first kappa shape index (κ1) is 11.4. The fraction of sp³-hybridized carbons (Fsp3) is 0.273. The van der Waals surface area contributed by atoms with Crippen molar-refractivity contribution in [3.8, 4) is 0 Å². The van der Waals surface area contributed by atoms with Gasteiger partial charge in [0.15, 0.2) is 0 Å². The van der Waals surface area contributed by atoms with Crippen molar-refractivity contribution in [2.24, 2.45) is 0 Å². The summed E-state index contributed by atoms with van der Waals surface area (Å²) in [7, 11) is 0. The lowest BCUT2D eigenvalue weighted by Crippen LogP contribution is -2.44. The molecule has 5 heteroatoms. The van der Waals surface area contributed by atoms with Crippen molar-refractivity contribution >= 4 is 40.0 Å². The molecule has 1 aliphatic rings. The second kappa shape index (κ2) is 4.04. The summed E-state index contributed by atoms with van der Waals surface area (Å²) in [6, 6.07) is 7.05. The maximum absolute atomic E-state index is 12.1. The Balaban J connectivity index is 2.37. The van der Waals surface area contributed by atoms with Crippen LogP contribution < -0.4 is 5.32 Å². The molecule has 1 atom stereocenters. The number of nitrogens with one attached hydrogen (secondary N) is 1. The first-order valence-electron chi connectivity index (χ1n) is 4.87. The molecule has 0 bridgehead atoms. The van der Waals surface area contributed by atoms with E-state index in [1.165, 1.54) is 0 Å². The zero-order valence-corrected chi connectivity index (χ0v) is 10.8. The minimum absolute atomic E-state index is 0.248. The smallest absolute Gasteiger partial charge is 0.350 e. The molecule has 16 heavy (non-hydrogen) atoms. The molecule has 1 unspecified atom stereocenters. The van der Waals surface area contributed by atoms with Gasteiger partial charge in [-0.1, -0.05) is 12.1 Å². The Morgan fingerprint density at radius 2 is 2.19 bits per heavy atom. The standard InChI is InChI=1S/C11H10INO3/c1-2-16-10(15)11(12)9(14)7-5-3-4-6-8(7)13-11/h3-6,13H,2H2,1H3. The van der Waals surface area contributed by atoms with Crippen LogP contribution in [0, 0.1) is 0 Å². The number of rotatable bonds is 2. The van der Waals surface area contributed by atoms with Gasteiger partial charge in [0.2, 0.25) is 5.78 Å². The van der Waals surface area contributed by atoms with Gasteiger partial charge in [-0.25, -0.2) is 4.79 Å². The van der Waals surface area contributed by atoms with Gasteiger partial charge in [-0.15, -0.1) is 0 Å². The van der Waals surface area contributed by atoms with Gasteiger partial charge in [-0.3, -0.25) is 4.79 Å². The van der Waals surface area contributed by atoms with Crippen LogP contribution in [0.5, 0.6) is 0 Å². The first-order chi connectivity index (χ1) is 7.59. The Morgan fingerprint density at radius 1 is 1.50 bits per heavy atom. The van der Waals surface area contributed by atoms with Gasteiger partial charge in [0.05, 0.1) is 6.61 Å². The zero-order chi connectivity index (χ0) is 11.8. The Bertz CT molecular complexity index is 460.